The molecule has 4 rings (SSSR count). The molecule has 6 nitrogen and oxygen atoms in total. The third-order valence-corrected chi connectivity index (χ3v) is 6.21. The second-order valence-electron chi connectivity index (χ2n) is 8.27. The number of amides is 1. The number of nitrogens with zero attached hydrogens (tertiary/aromatic N) is 1. The zero-order valence-corrected chi connectivity index (χ0v) is 18.9. The van der Waals surface area contributed by atoms with Crippen LogP contribution in [0.5, 0.6) is 5.75 Å². The number of Topliss-reactive ketones (excluding diaryl/α,β-unsaturated/α-hetero) is 1. The molecule has 1 atom stereocenters. The number of hydrogen-bond acceptors (Lipinski definition) is 4. The molecule has 1 fully saturated rings. The number of rotatable bonds is 6. The van der Waals surface area contributed by atoms with Gasteiger partial charge in [0.1, 0.15) is 11.5 Å². The van der Waals surface area contributed by atoms with Gasteiger partial charge in [0.15, 0.2) is 0 Å². The highest BCUT2D eigenvalue weighted by Crippen LogP contribution is 2.42. The lowest BCUT2D eigenvalue weighted by atomic mass is 9.93. The molecule has 1 aromatic heterocycles. The number of para-hydroxylation sites is 1. The van der Waals surface area contributed by atoms with E-state index in [-0.39, 0.29) is 11.3 Å². The number of ketones is 1. The third kappa shape index (κ3) is 3.45. The van der Waals surface area contributed by atoms with Gasteiger partial charge in [-0.05, 0) is 49.6 Å². The Hall–Kier alpha value is -3.54. The smallest absolute Gasteiger partial charge is 0.295 e. The normalized spacial score (nSPS) is 18.0. The topological polar surface area (TPSA) is 82.6 Å². The first-order valence-electron chi connectivity index (χ1n) is 10.9. The van der Waals surface area contributed by atoms with Crippen molar-refractivity contribution >= 4 is 28.4 Å². The van der Waals surface area contributed by atoms with Gasteiger partial charge in [0.05, 0.1) is 18.7 Å². The summed E-state index contributed by atoms with van der Waals surface area (Å²) in [5, 5.41) is 12.3. The second-order valence-corrected chi connectivity index (χ2v) is 8.27. The molecule has 1 unspecified atom stereocenters. The van der Waals surface area contributed by atoms with Gasteiger partial charge < -0.3 is 19.7 Å². The predicted molar refractivity (Wildman–Crippen MR) is 125 cm³/mol. The molecular weight excluding hydrogens is 404 g/mol. The minimum absolute atomic E-state index is 0.128. The number of nitrogens with one attached hydrogen (secondary N) is 1. The molecule has 0 saturated carbocycles. The van der Waals surface area contributed by atoms with Crippen LogP contribution >= 0.6 is 0 Å². The number of H-pyrrole nitrogens is 1. The molecule has 0 radical (unpaired) electrons. The molecule has 1 amide bonds. The summed E-state index contributed by atoms with van der Waals surface area (Å²) in [5.74, 6) is -0.670. The van der Waals surface area contributed by atoms with Crippen LogP contribution < -0.4 is 4.74 Å². The van der Waals surface area contributed by atoms with Crippen molar-refractivity contribution in [3.63, 3.8) is 0 Å². The van der Waals surface area contributed by atoms with E-state index < -0.39 is 17.7 Å². The largest absolute Gasteiger partial charge is 0.507 e. The number of aliphatic hydroxyl groups excluding tert-OH is 1. The van der Waals surface area contributed by atoms with E-state index in [1.807, 2.05) is 57.3 Å². The Morgan fingerprint density at radius 1 is 1.16 bits per heavy atom. The van der Waals surface area contributed by atoms with Gasteiger partial charge in [0.2, 0.25) is 0 Å². The fourth-order valence-corrected chi connectivity index (χ4v) is 4.49. The number of aryl methyl sites for hydroxylation is 2. The molecule has 2 heterocycles. The van der Waals surface area contributed by atoms with E-state index in [4.69, 9.17) is 4.74 Å². The Labute approximate surface area is 187 Å². The van der Waals surface area contributed by atoms with Crippen LogP contribution in [0.3, 0.4) is 0 Å². The van der Waals surface area contributed by atoms with Gasteiger partial charge in [-0.15, -0.1) is 0 Å². The van der Waals surface area contributed by atoms with Gasteiger partial charge in [-0.1, -0.05) is 31.5 Å². The van der Waals surface area contributed by atoms with E-state index in [9.17, 15) is 14.7 Å². The number of ether oxygens (including phenoxy) is 1. The van der Waals surface area contributed by atoms with Crippen molar-refractivity contribution in [2.45, 2.75) is 39.7 Å². The molecule has 2 aromatic carbocycles. The Bertz CT molecular complexity index is 1240. The first-order valence-corrected chi connectivity index (χ1v) is 10.9. The summed E-state index contributed by atoms with van der Waals surface area (Å²) in [7, 11) is 1.59. The molecular formula is C26H28N2O4. The number of carbonyl (C=O) groups is 2. The van der Waals surface area contributed by atoms with Crippen LogP contribution in [0.4, 0.5) is 0 Å². The van der Waals surface area contributed by atoms with Crippen LogP contribution in [0.25, 0.3) is 16.7 Å². The Morgan fingerprint density at radius 2 is 1.91 bits per heavy atom. The molecule has 2 N–H and O–H groups in total. The minimum Gasteiger partial charge on any atom is -0.507 e. The van der Waals surface area contributed by atoms with Crippen molar-refractivity contribution in [3.8, 4) is 5.75 Å². The highest BCUT2D eigenvalue weighted by Gasteiger charge is 2.46. The number of aliphatic hydroxyl groups is 1. The van der Waals surface area contributed by atoms with Gasteiger partial charge >= 0.3 is 0 Å². The fraction of sp³-hybridized carbons (Fsp3) is 0.308. The Kier molecular flexibility index (Phi) is 5.78. The van der Waals surface area contributed by atoms with Gasteiger partial charge in [-0.25, -0.2) is 0 Å². The third-order valence-electron chi connectivity index (χ3n) is 6.21. The van der Waals surface area contributed by atoms with Crippen molar-refractivity contribution in [1.29, 1.82) is 0 Å². The van der Waals surface area contributed by atoms with Crippen molar-refractivity contribution in [2.75, 3.05) is 13.7 Å². The van der Waals surface area contributed by atoms with Crippen molar-refractivity contribution in [3.05, 3.63) is 70.4 Å². The molecule has 6 heteroatoms. The average Bonchev–Trinajstić information content (AvgIpc) is 3.32. The minimum atomic E-state index is -0.653. The van der Waals surface area contributed by atoms with Crippen molar-refractivity contribution in [1.82, 2.24) is 9.88 Å². The quantitative estimate of drug-likeness (QED) is 0.326. The number of aromatic amines is 1. The van der Waals surface area contributed by atoms with Crippen LogP contribution in [0.1, 0.15) is 48.1 Å². The lowest BCUT2D eigenvalue weighted by Gasteiger charge is -2.25. The van der Waals surface area contributed by atoms with Gasteiger partial charge in [-0.3, -0.25) is 9.59 Å². The van der Waals surface area contributed by atoms with Crippen LogP contribution in [0.15, 0.2) is 48.2 Å². The molecule has 1 aliphatic heterocycles. The number of hydrogen-bond donors (Lipinski definition) is 2. The highest BCUT2D eigenvalue weighted by atomic mass is 16.5. The zero-order chi connectivity index (χ0) is 23.0. The van der Waals surface area contributed by atoms with Crippen LogP contribution in [0.2, 0.25) is 0 Å². The molecule has 166 valence electrons. The first-order chi connectivity index (χ1) is 15.4. The van der Waals surface area contributed by atoms with E-state index >= 15 is 0 Å². The number of unbranched alkanes of at least 4 members (excludes halogenated alkanes) is 1. The number of aromatic nitrogens is 1. The van der Waals surface area contributed by atoms with Gasteiger partial charge in [0.25, 0.3) is 11.7 Å². The molecule has 3 aromatic rings. The fourth-order valence-electron chi connectivity index (χ4n) is 4.49. The van der Waals surface area contributed by atoms with Crippen molar-refractivity contribution < 1.29 is 19.4 Å². The Morgan fingerprint density at radius 3 is 2.62 bits per heavy atom. The second kappa shape index (κ2) is 8.54. The first kappa shape index (κ1) is 21.7. The van der Waals surface area contributed by atoms with E-state index in [2.05, 4.69) is 4.98 Å². The summed E-state index contributed by atoms with van der Waals surface area (Å²) in [6.45, 7) is 6.22. The number of carbonyl (C=O) groups excluding carboxylic acids is 2. The maximum atomic E-state index is 13.2. The van der Waals surface area contributed by atoms with E-state index in [0.717, 1.165) is 40.4 Å². The molecule has 32 heavy (non-hydrogen) atoms. The molecule has 1 aliphatic rings. The Balaban J connectivity index is 1.95. The lowest BCUT2D eigenvalue weighted by Crippen LogP contribution is -2.30. The van der Waals surface area contributed by atoms with Crippen LogP contribution in [-0.4, -0.2) is 40.3 Å². The summed E-state index contributed by atoms with van der Waals surface area (Å²) >= 11 is 0. The highest BCUT2D eigenvalue weighted by molar-refractivity contribution is 6.46. The van der Waals surface area contributed by atoms with E-state index in [0.29, 0.717) is 17.9 Å². The number of benzene rings is 2. The number of likely N-dealkylation sites (tertiary alicyclic amines) is 1. The maximum absolute atomic E-state index is 13.2. The standard InChI is InChI=1S/C26H28N2O4/c1-5-6-11-28-23(19-14-27-20-10-8-7-9-17(19)20)22(25(30)26(28)31)24(29)18-12-16(3)21(32-4)13-15(18)2/h7-10,12-14,23,27,29H,5-6,11H2,1-4H3/b24-22+. The number of methoxy groups -OCH3 is 1. The molecule has 0 spiro atoms. The van der Waals surface area contributed by atoms with Crippen LogP contribution in [0, 0.1) is 13.8 Å². The molecule has 0 bridgehead atoms. The van der Waals surface area contributed by atoms with E-state index in [1.54, 1.807) is 18.1 Å². The van der Waals surface area contributed by atoms with Crippen molar-refractivity contribution in [2.24, 2.45) is 0 Å². The van der Waals surface area contributed by atoms with Crippen LogP contribution in [-0.2, 0) is 9.59 Å². The SMILES string of the molecule is CCCCN1C(=O)C(=O)/C(=C(/O)c2cc(C)c(OC)cc2C)C1c1c[nH]c2ccccc12. The van der Waals surface area contributed by atoms with Gasteiger partial charge in [-0.2, -0.15) is 0 Å². The number of fused-ring (bicyclic) bond motifs is 1. The van der Waals surface area contributed by atoms with E-state index in [1.165, 1.54) is 0 Å². The summed E-state index contributed by atoms with van der Waals surface area (Å²) in [6, 6.07) is 10.7. The summed E-state index contributed by atoms with van der Waals surface area (Å²) in [6.07, 6.45) is 3.49. The summed E-state index contributed by atoms with van der Waals surface area (Å²) in [4.78, 5) is 31.1. The van der Waals surface area contributed by atoms with Gasteiger partial charge in [0, 0.05) is 34.8 Å². The maximum Gasteiger partial charge on any atom is 0.295 e. The lowest BCUT2D eigenvalue weighted by molar-refractivity contribution is -0.139. The molecule has 0 aliphatic carbocycles. The zero-order valence-electron chi connectivity index (χ0n) is 18.9. The summed E-state index contributed by atoms with van der Waals surface area (Å²) < 4.78 is 5.38. The molecule has 1 saturated heterocycles. The summed E-state index contributed by atoms with van der Waals surface area (Å²) in [5.41, 5.74) is 3.98. The predicted octanol–water partition coefficient (Wildman–Crippen LogP) is 5.02. The monoisotopic (exact) mass is 432 g/mol. The average molecular weight is 433 g/mol.